The van der Waals surface area contributed by atoms with Gasteiger partial charge in [0.15, 0.2) is 0 Å². The number of hydrogen-bond acceptors (Lipinski definition) is 5. The van der Waals surface area contributed by atoms with Gasteiger partial charge in [0.05, 0.1) is 6.54 Å². The molecule has 3 rings (SSSR count). The van der Waals surface area contributed by atoms with Gasteiger partial charge in [-0.25, -0.2) is 0 Å². The molecule has 0 aliphatic rings. The van der Waals surface area contributed by atoms with Gasteiger partial charge in [-0.2, -0.15) is 5.48 Å². The SMILES string of the molecule is Cc1c(CNOc2ccncc2)csc1-c1ccncc1. The fourth-order valence-electron chi connectivity index (χ4n) is 2.02. The Bertz CT molecular complexity index is 698. The molecular weight excluding hydrogens is 282 g/mol. The van der Waals surface area contributed by atoms with Crippen LogP contribution in [0.15, 0.2) is 54.4 Å². The summed E-state index contributed by atoms with van der Waals surface area (Å²) in [6.45, 7) is 2.80. The van der Waals surface area contributed by atoms with Crippen LogP contribution < -0.4 is 10.3 Å². The summed E-state index contributed by atoms with van der Waals surface area (Å²) in [4.78, 5) is 14.8. The molecule has 0 unspecified atom stereocenters. The summed E-state index contributed by atoms with van der Waals surface area (Å²) in [5, 5.41) is 2.16. The molecule has 0 radical (unpaired) electrons. The van der Waals surface area contributed by atoms with Crippen molar-refractivity contribution < 1.29 is 4.84 Å². The van der Waals surface area contributed by atoms with Gasteiger partial charge >= 0.3 is 0 Å². The van der Waals surface area contributed by atoms with Crippen LogP contribution in [0.5, 0.6) is 5.75 Å². The highest BCUT2D eigenvalue weighted by molar-refractivity contribution is 7.14. The number of hydrogen-bond donors (Lipinski definition) is 1. The number of nitrogens with zero attached hydrogens (tertiary/aromatic N) is 2. The molecule has 0 aromatic carbocycles. The van der Waals surface area contributed by atoms with Crippen LogP contribution in [0, 0.1) is 6.92 Å². The molecule has 0 amide bonds. The van der Waals surface area contributed by atoms with Crippen molar-refractivity contribution in [2.45, 2.75) is 13.5 Å². The van der Waals surface area contributed by atoms with E-state index in [-0.39, 0.29) is 0 Å². The van der Waals surface area contributed by atoms with Gasteiger partial charge < -0.3 is 4.84 Å². The van der Waals surface area contributed by atoms with Crippen LogP contribution in [0.1, 0.15) is 11.1 Å². The maximum atomic E-state index is 5.48. The van der Waals surface area contributed by atoms with Gasteiger partial charge in [0.2, 0.25) is 0 Å². The average Bonchev–Trinajstić information content (AvgIpc) is 2.90. The van der Waals surface area contributed by atoms with Crippen molar-refractivity contribution in [3.05, 3.63) is 65.6 Å². The lowest BCUT2D eigenvalue weighted by Gasteiger charge is -2.07. The molecule has 0 fully saturated rings. The number of pyridine rings is 2. The second-order valence-corrected chi connectivity index (χ2v) is 5.44. The Morgan fingerprint density at radius 1 is 1.05 bits per heavy atom. The monoisotopic (exact) mass is 297 g/mol. The van der Waals surface area contributed by atoms with Crippen LogP contribution in [0.25, 0.3) is 10.4 Å². The Hall–Kier alpha value is -2.24. The molecule has 0 spiro atoms. The van der Waals surface area contributed by atoms with E-state index >= 15 is 0 Å². The predicted octanol–water partition coefficient (Wildman–Crippen LogP) is 3.60. The molecule has 0 bridgehead atoms. The topological polar surface area (TPSA) is 47.0 Å². The van der Waals surface area contributed by atoms with Crippen molar-refractivity contribution in [3.63, 3.8) is 0 Å². The van der Waals surface area contributed by atoms with Crippen molar-refractivity contribution in [3.8, 4) is 16.2 Å². The highest BCUT2D eigenvalue weighted by Gasteiger charge is 2.09. The minimum absolute atomic E-state index is 0.662. The van der Waals surface area contributed by atoms with Crippen LogP contribution in [0.3, 0.4) is 0 Å². The second-order valence-electron chi connectivity index (χ2n) is 4.56. The molecule has 21 heavy (non-hydrogen) atoms. The fraction of sp³-hybridized carbons (Fsp3) is 0.125. The third-order valence-corrected chi connectivity index (χ3v) is 4.37. The van der Waals surface area contributed by atoms with E-state index < -0.39 is 0 Å². The molecule has 3 aromatic rings. The Morgan fingerprint density at radius 2 is 1.71 bits per heavy atom. The lowest BCUT2D eigenvalue weighted by Crippen LogP contribution is -2.17. The molecule has 0 saturated heterocycles. The van der Waals surface area contributed by atoms with Crippen molar-refractivity contribution in [1.82, 2.24) is 15.4 Å². The standard InChI is InChI=1S/C16H15N3OS/c1-12-14(10-19-20-15-4-8-18-9-5-15)11-21-16(12)13-2-6-17-7-3-13/h2-9,11,19H,10H2,1H3. The molecule has 1 N–H and O–H groups in total. The van der Waals surface area contributed by atoms with E-state index in [1.165, 1.54) is 21.6 Å². The third kappa shape index (κ3) is 3.26. The fourth-order valence-corrected chi connectivity index (χ4v) is 3.12. The second kappa shape index (κ2) is 6.47. The molecule has 0 saturated carbocycles. The molecule has 3 heterocycles. The van der Waals surface area contributed by atoms with E-state index in [4.69, 9.17) is 4.84 Å². The maximum Gasteiger partial charge on any atom is 0.150 e. The molecule has 0 aliphatic heterocycles. The molecule has 4 nitrogen and oxygen atoms in total. The van der Waals surface area contributed by atoms with Crippen LogP contribution in [-0.4, -0.2) is 9.97 Å². The van der Waals surface area contributed by atoms with E-state index in [1.807, 2.05) is 36.7 Å². The van der Waals surface area contributed by atoms with E-state index in [0.29, 0.717) is 6.54 Å². The minimum atomic E-state index is 0.662. The van der Waals surface area contributed by atoms with E-state index in [0.717, 1.165) is 5.75 Å². The first-order chi connectivity index (χ1) is 10.3. The van der Waals surface area contributed by atoms with Crippen LogP contribution >= 0.6 is 11.3 Å². The molecular formula is C16H15N3OS. The van der Waals surface area contributed by atoms with E-state index in [1.54, 1.807) is 23.7 Å². The first-order valence-electron chi connectivity index (χ1n) is 6.61. The molecule has 5 heteroatoms. The van der Waals surface area contributed by atoms with Gasteiger partial charge in [-0.15, -0.1) is 11.3 Å². The average molecular weight is 297 g/mol. The van der Waals surface area contributed by atoms with Gasteiger partial charge in [-0.1, -0.05) is 0 Å². The van der Waals surface area contributed by atoms with Crippen LogP contribution in [0.2, 0.25) is 0 Å². The minimum Gasteiger partial charge on any atom is -0.408 e. The lowest BCUT2D eigenvalue weighted by molar-refractivity contribution is 0.190. The van der Waals surface area contributed by atoms with Crippen LogP contribution in [-0.2, 0) is 6.54 Å². The van der Waals surface area contributed by atoms with E-state index in [9.17, 15) is 0 Å². The Morgan fingerprint density at radius 3 is 2.43 bits per heavy atom. The summed E-state index contributed by atoms with van der Waals surface area (Å²) in [5.74, 6) is 0.757. The number of thiophene rings is 1. The first kappa shape index (κ1) is 13.7. The summed E-state index contributed by atoms with van der Waals surface area (Å²) in [7, 11) is 0. The number of rotatable bonds is 5. The van der Waals surface area contributed by atoms with Gasteiger partial charge in [-0.3, -0.25) is 9.97 Å². The summed E-state index contributed by atoms with van der Waals surface area (Å²) in [6, 6.07) is 7.69. The van der Waals surface area contributed by atoms with Crippen molar-refractivity contribution in [1.29, 1.82) is 0 Å². The summed E-state index contributed by atoms with van der Waals surface area (Å²) in [5.41, 5.74) is 6.70. The molecule has 0 atom stereocenters. The summed E-state index contributed by atoms with van der Waals surface area (Å²) < 4.78 is 0. The number of hydroxylamine groups is 1. The van der Waals surface area contributed by atoms with Crippen molar-refractivity contribution in [2.75, 3.05) is 0 Å². The van der Waals surface area contributed by atoms with E-state index in [2.05, 4.69) is 27.8 Å². The zero-order valence-electron chi connectivity index (χ0n) is 11.6. The number of nitrogens with one attached hydrogen (secondary N) is 1. The van der Waals surface area contributed by atoms with Gasteiger partial charge in [0.1, 0.15) is 5.75 Å². The summed E-state index contributed by atoms with van der Waals surface area (Å²) >= 11 is 1.74. The maximum absolute atomic E-state index is 5.48. The van der Waals surface area contributed by atoms with Gasteiger partial charge in [-0.05, 0) is 41.1 Å². The Kier molecular flexibility index (Phi) is 4.23. The lowest BCUT2D eigenvalue weighted by atomic mass is 10.1. The van der Waals surface area contributed by atoms with Gasteiger partial charge in [0.25, 0.3) is 0 Å². The third-order valence-electron chi connectivity index (χ3n) is 3.19. The van der Waals surface area contributed by atoms with Crippen molar-refractivity contribution in [2.24, 2.45) is 0 Å². The predicted molar refractivity (Wildman–Crippen MR) is 84.0 cm³/mol. The Labute approximate surface area is 127 Å². The number of aromatic nitrogens is 2. The first-order valence-corrected chi connectivity index (χ1v) is 7.49. The Balaban J connectivity index is 1.66. The normalized spacial score (nSPS) is 10.5. The highest BCUT2D eigenvalue weighted by atomic mass is 32.1. The van der Waals surface area contributed by atoms with Gasteiger partial charge in [0, 0.05) is 41.8 Å². The zero-order valence-corrected chi connectivity index (χ0v) is 12.4. The smallest absolute Gasteiger partial charge is 0.150 e. The van der Waals surface area contributed by atoms with Crippen LogP contribution in [0.4, 0.5) is 0 Å². The molecule has 106 valence electrons. The molecule has 0 aliphatic carbocycles. The largest absolute Gasteiger partial charge is 0.408 e. The quantitative estimate of drug-likeness (QED) is 0.731. The van der Waals surface area contributed by atoms with Crippen molar-refractivity contribution >= 4 is 11.3 Å². The highest BCUT2D eigenvalue weighted by Crippen LogP contribution is 2.31. The molecule has 3 aromatic heterocycles. The summed E-state index contributed by atoms with van der Waals surface area (Å²) in [6.07, 6.45) is 7.04. The zero-order chi connectivity index (χ0) is 14.5.